The van der Waals surface area contributed by atoms with Gasteiger partial charge in [-0.15, -0.1) is 0 Å². The monoisotopic (exact) mass is 374 g/mol. The Balaban J connectivity index is 1.69. The number of aliphatic hydroxyl groups excluding tert-OH is 1. The molecule has 0 spiro atoms. The van der Waals surface area contributed by atoms with Crippen LogP contribution in [0.3, 0.4) is 0 Å². The molecular weight excluding hydrogens is 348 g/mol. The standard InChI is InChI=1S/C20H26N2O5/c1-21-22-16(14-26-19-9-5-6-10-25-19)11-18(24)20(17(22)12-23)27-13-15-7-3-2-4-8-15/h2-4,7-8,11-12,18-19,21,24H,5-6,9-10,13-14H2,1H3. The zero-order valence-corrected chi connectivity index (χ0v) is 15.5. The van der Waals surface area contributed by atoms with Crippen LogP contribution in [0.15, 0.2) is 53.6 Å². The number of carbonyl (C=O) groups is 1. The fraction of sp³-hybridized carbons (Fsp3) is 0.450. The van der Waals surface area contributed by atoms with Gasteiger partial charge in [0.15, 0.2) is 18.3 Å². The lowest BCUT2D eigenvalue weighted by atomic mass is 10.1. The molecule has 7 heteroatoms. The average molecular weight is 374 g/mol. The Kier molecular flexibility index (Phi) is 7.00. The minimum Gasteiger partial charge on any atom is -0.488 e. The molecule has 0 bridgehead atoms. The second kappa shape index (κ2) is 9.66. The predicted octanol–water partition coefficient (Wildman–Crippen LogP) is 1.85. The van der Waals surface area contributed by atoms with E-state index in [-0.39, 0.29) is 31.0 Å². The van der Waals surface area contributed by atoms with E-state index < -0.39 is 6.10 Å². The summed E-state index contributed by atoms with van der Waals surface area (Å²) < 4.78 is 17.1. The number of hydrogen-bond acceptors (Lipinski definition) is 7. The van der Waals surface area contributed by atoms with Gasteiger partial charge in [0, 0.05) is 13.7 Å². The Bertz CT molecular complexity index is 683. The zero-order chi connectivity index (χ0) is 19.1. The number of carbonyl (C=O) groups excluding carboxylic acids is 1. The lowest BCUT2D eigenvalue weighted by Gasteiger charge is -2.34. The van der Waals surface area contributed by atoms with Crippen LogP contribution in [0, 0.1) is 0 Å². The first-order chi connectivity index (χ1) is 13.2. The molecule has 146 valence electrons. The fourth-order valence-electron chi connectivity index (χ4n) is 3.15. The van der Waals surface area contributed by atoms with Gasteiger partial charge in [-0.25, -0.2) is 5.43 Å². The highest BCUT2D eigenvalue weighted by Crippen LogP contribution is 2.26. The van der Waals surface area contributed by atoms with Crippen LogP contribution in [0.1, 0.15) is 24.8 Å². The number of aldehydes is 1. The first kappa shape index (κ1) is 19.6. The summed E-state index contributed by atoms with van der Waals surface area (Å²) in [6.45, 7) is 1.17. The summed E-state index contributed by atoms with van der Waals surface area (Å²) in [5, 5.41) is 12.1. The summed E-state index contributed by atoms with van der Waals surface area (Å²) in [6, 6.07) is 9.58. The van der Waals surface area contributed by atoms with Crippen molar-refractivity contribution in [3.8, 4) is 0 Å². The van der Waals surface area contributed by atoms with E-state index in [4.69, 9.17) is 14.2 Å². The van der Waals surface area contributed by atoms with Crippen molar-refractivity contribution in [2.45, 2.75) is 38.3 Å². The minimum absolute atomic E-state index is 0.209. The molecule has 1 fully saturated rings. The molecule has 0 amide bonds. The molecule has 7 nitrogen and oxygen atoms in total. The lowest BCUT2D eigenvalue weighted by Crippen LogP contribution is -2.42. The van der Waals surface area contributed by atoms with Crippen LogP contribution in [0.5, 0.6) is 0 Å². The Morgan fingerprint density at radius 1 is 1.30 bits per heavy atom. The molecule has 2 unspecified atom stereocenters. The van der Waals surface area contributed by atoms with Crippen LogP contribution >= 0.6 is 0 Å². The van der Waals surface area contributed by atoms with Gasteiger partial charge in [-0.2, -0.15) is 0 Å². The third-order valence-corrected chi connectivity index (χ3v) is 4.53. The maximum atomic E-state index is 11.7. The number of nitrogens with one attached hydrogen (secondary N) is 1. The number of hydrazine groups is 1. The Labute approximate surface area is 159 Å². The molecule has 2 aliphatic rings. The molecule has 0 radical (unpaired) electrons. The molecule has 1 aromatic carbocycles. The first-order valence-electron chi connectivity index (χ1n) is 9.18. The van der Waals surface area contributed by atoms with E-state index in [1.807, 2.05) is 30.3 Å². The van der Waals surface area contributed by atoms with Crippen molar-refractivity contribution in [3.05, 3.63) is 59.1 Å². The summed E-state index contributed by atoms with van der Waals surface area (Å²) in [5.74, 6) is 0.209. The summed E-state index contributed by atoms with van der Waals surface area (Å²) in [7, 11) is 1.70. The molecular formula is C20H26N2O5. The number of nitrogens with zero attached hydrogens (tertiary/aromatic N) is 1. The van der Waals surface area contributed by atoms with Crippen LogP contribution in [0.4, 0.5) is 0 Å². The van der Waals surface area contributed by atoms with Gasteiger partial charge in [0.05, 0.1) is 12.3 Å². The van der Waals surface area contributed by atoms with Gasteiger partial charge >= 0.3 is 0 Å². The van der Waals surface area contributed by atoms with Gasteiger partial charge in [-0.1, -0.05) is 30.3 Å². The van der Waals surface area contributed by atoms with E-state index in [1.54, 1.807) is 18.1 Å². The highest BCUT2D eigenvalue weighted by molar-refractivity contribution is 5.74. The van der Waals surface area contributed by atoms with Gasteiger partial charge in [-0.3, -0.25) is 9.80 Å². The maximum Gasteiger partial charge on any atom is 0.171 e. The van der Waals surface area contributed by atoms with E-state index in [0.717, 1.165) is 24.8 Å². The van der Waals surface area contributed by atoms with Crippen molar-refractivity contribution in [1.82, 2.24) is 10.4 Å². The summed E-state index contributed by atoms with van der Waals surface area (Å²) >= 11 is 0. The van der Waals surface area contributed by atoms with E-state index >= 15 is 0 Å². The maximum absolute atomic E-state index is 11.7. The van der Waals surface area contributed by atoms with Crippen molar-refractivity contribution in [1.29, 1.82) is 0 Å². The normalized spacial score (nSPS) is 23.2. The third-order valence-electron chi connectivity index (χ3n) is 4.53. The Morgan fingerprint density at radius 3 is 2.78 bits per heavy atom. The number of aliphatic hydroxyl groups is 1. The van der Waals surface area contributed by atoms with Crippen molar-refractivity contribution in [3.63, 3.8) is 0 Å². The van der Waals surface area contributed by atoms with E-state index in [0.29, 0.717) is 18.6 Å². The molecule has 0 aromatic heterocycles. The van der Waals surface area contributed by atoms with E-state index in [2.05, 4.69) is 5.43 Å². The number of hydrogen-bond donors (Lipinski definition) is 2. The second-order valence-electron chi connectivity index (χ2n) is 6.41. The van der Waals surface area contributed by atoms with Gasteiger partial charge in [0.25, 0.3) is 0 Å². The third kappa shape index (κ3) is 4.95. The molecule has 1 saturated heterocycles. The molecule has 0 saturated carbocycles. The molecule has 0 aliphatic carbocycles. The number of ether oxygens (including phenoxy) is 3. The smallest absolute Gasteiger partial charge is 0.171 e. The van der Waals surface area contributed by atoms with Crippen LogP contribution < -0.4 is 5.43 Å². The van der Waals surface area contributed by atoms with Crippen molar-refractivity contribution >= 4 is 6.29 Å². The minimum atomic E-state index is -1.02. The highest BCUT2D eigenvalue weighted by atomic mass is 16.7. The van der Waals surface area contributed by atoms with Crippen molar-refractivity contribution in [2.24, 2.45) is 0 Å². The number of benzene rings is 1. The van der Waals surface area contributed by atoms with Gasteiger partial charge in [0.2, 0.25) is 0 Å². The molecule has 2 aliphatic heterocycles. The highest BCUT2D eigenvalue weighted by Gasteiger charge is 2.29. The second-order valence-corrected chi connectivity index (χ2v) is 6.41. The lowest BCUT2D eigenvalue weighted by molar-refractivity contribution is -0.159. The van der Waals surface area contributed by atoms with Crippen molar-refractivity contribution < 1.29 is 24.1 Å². The van der Waals surface area contributed by atoms with E-state index in [9.17, 15) is 9.90 Å². The number of rotatable bonds is 8. The van der Waals surface area contributed by atoms with Crippen molar-refractivity contribution in [2.75, 3.05) is 20.3 Å². The zero-order valence-electron chi connectivity index (χ0n) is 15.5. The predicted molar refractivity (Wildman–Crippen MR) is 98.9 cm³/mol. The van der Waals surface area contributed by atoms with Crippen LogP contribution in [0.25, 0.3) is 0 Å². The van der Waals surface area contributed by atoms with Gasteiger partial charge in [-0.05, 0) is 30.9 Å². The molecule has 27 heavy (non-hydrogen) atoms. The topological polar surface area (TPSA) is 80.3 Å². The summed E-state index contributed by atoms with van der Waals surface area (Å²) in [4.78, 5) is 11.7. The van der Waals surface area contributed by atoms with Gasteiger partial charge < -0.3 is 19.3 Å². The molecule has 3 rings (SSSR count). The van der Waals surface area contributed by atoms with Crippen LogP contribution in [0.2, 0.25) is 0 Å². The van der Waals surface area contributed by atoms with Crippen LogP contribution in [-0.4, -0.2) is 49.1 Å². The van der Waals surface area contributed by atoms with Gasteiger partial charge in [0.1, 0.15) is 18.4 Å². The molecule has 2 atom stereocenters. The Morgan fingerprint density at radius 2 is 2.11 bits per heavy atom. The summed E-state index contributed by atoms with van der Waals surface area (Å²) in [6.07, 6.45) is 3.97. The molecule has 1 aromatic rings. The average Bonchev–Trinajstić information content (AvgIpc) is 2.72. The first-order valence-corrected chi connectivity index (χ1v) is 9.18. The molecule has 2 N–H and O–H groups in total. The SMILES string of the molecule is CNN1C(COC2CCCCO2)=CC(O)C(OCc2ccccc2)=C1C=O. The quantitative estimate of drug-likeness (QED) is 0.672. The van der Waals surface area contributed by atoms with Crippen LogP contribution in [-0.2, 0) is 25.6 Å². The summed E-state index contributed by atoms with van der Waals surface area (Å²) in [5.41, 5.74) is 4.77. The largest absolute Gasteiger partial charge is 0.488 e. The fourth-order valence-corrected chi connectivity index (χ4v) is 3.15. The van der Waals surface area contributed by atoms with E-state index in [1.165, 1.54) is 0 Å². The Hall–Kier alpha value is -2.19. The number of allylic oxidation sites excluding steroid dienone is 1. The molecule has 2 heterocycles.